The molecule has 2 N–H and O–H groups in total. The summed E-state index contributed by atoms with van der Waals surface area (Å²) in [6.07, 6.45) is 2.47. The van der Waals surface area contributed by atoms with Crippen LogP contribution in [0.2, 0.25) is 0 Å². The Hall–Kier alpha value is -3.09. The molecule has 0 spiro atoms. The van der Waals surface area contributed by atoms with E-state index in [0.29, 0.717) is 5.69 Å². The van der Waals surface area contributed by atoms with Crippen LogP contribution in [0.4, 0.5) is 22.7 Å². The molecule has 1 atom stereocenters. The van der Waals surface area contributed by atoms with Gasteiger partial charge in [-0.05, 0) is 62.6 Å². The largest absolute Gasteiger partial charge is 0.374 e. The number of rotatable bonds is 6. The number of aryl methyl sites for hydroxylation is 1. The first-order chi connectivity index (χ1) is 12.9. The van der Waals surface area contributed by atoms with Crippen molar-refractivity contribution in [2.75, 3.05) is 28.6 Å². The van der Waals surface area contributed by atoms with Crippen LogP contribution in [0.1, 0.15) is 25.3 Å². The van der Waals surface area contributed by atoms with Crippen molar-refractivity contribution in [2.45, 2.75) is 32.7 Å². The van der Waals surface area contributed by atoms with E-state index in [1.165, 1.54) is 48.4 Å². The van der Waals surface area contributed by atoms with Crippen molar-refractivity contribution in [1.29, 1.82) is 0 Å². The fourth-order valence-corrected chi connectivity index (χ4v) is 3.29. The maximum absolute atomic E-state index is 12.4. The standard InChI is InChI=1S/C20H24N4O3/c1-14-13-17(7-10-19(14)23-11-3-4-12-23)21-15(2)20(25)22-16-5-8-18(9-6-16)24(26)27/h5-10,13,15,21H,3-4,11-12H2,1-2H3,(H,22,25)/t15-/m0/s1. The lowest BCUT2D eigenvalue weighted by molar-refractivity contribution is -0.384. The number of anilines is 3. The number of carbonyl (C=O) groups is 1. The minimum absolute atomic E-state index is 0.00672. The summed E-state index contributed by atoms with van der Waals surface area (Å²) in [7, 11) is 0. The third-order valence-electron chi connectivity index (χ3n) is 4.77. The van der Waals surface area contributed by atoms with Gasteiger partial charge in [-0.25, -0.2) is 0 Å². The second kappa shape index (κ2) is 8.07. The van der Waals surface area contributed by atoms with E-state index in [2.05, 4.69) is 34.6 Å². The zero-order valence-electron chi connectivity index (χ0n) is 15.6. The molecule has 0 radical (unpaired) electrons. The predicted octanol–water partition coefficient (Wildman–Crippen LogP) is 3.94. The molecule has 27 heavy (non-hydrogen) atoms. The van der Waals surface area contributed by atoms with Crippen LogP contribution in [0, 0.1) is 17.0 Å². The van der Waals surface area contributed by atoms with Crippen LogP contribution in [-0.2, 0) is 4.79 Å². The van der Waals surface area contributed by atoms with Crippen LogP contribution in [0.5, 0.6) is 0 Å². The molecule has 1 amide bonds. The Morgan fingerprint density at radius 2 is 1.74 bits per heavy atom. The van der Waals surface area contributed by atoms with E-state index in [1.54, 1.807) is 6.92 Å². The van der Waals surface area contributed by atoms with Crippen LogP contribution < -0.4 is 15.5 Å². The normalized spacial score (nSPS) is 14.7. The van der Waals surface area contributed by atoms with Gasteiger partial charge < -0.3 is 15.5 Å². The van der Waals surface area contributed by atoms with E-state index in [0.717, 1.165) is 18.8 Å². The Morgan fingerprint density at radius 1 is 1.11 bits per heavy atom. The second-order valence-corrected chi connectivity index (χ2v) is 6.85. The quantitative estimate of drug-likeness (QED) is 0.596. The topological polar surface area (TPSA) is 87.5 Å². The zero-order chi connectivity index (χ0) is 19.4. The van der Waals surface area contributed by atoms with Gasteiger partial charge in [0.1, 0.15) is 6.04 Å². The van der Waals surface area contributed by atoms with Gasteiger partial charge in [0.15, 0.2) is 0 Å². The van der Waals surface area contributed by atoms with E-state index in [9.17, 15) is 14.9 Å². The van der Waals surface area contributed by atoms with Crippen molar-refractivity contribution in [3.8, 4) is 0 Å². The molecule has 1 heterocycles. The molecule has 7 nitrogen and oxygen atoms in total. The van der Waals surface area contributed by atoms with Gasteiger partial charge in [0, 0.05) is 42.3 Å². The summed E-state index contributed by atoms with van der Waals surface area (Å²) in [6, 6.07) is 11.5. The SMILES string of the molecule is Cc1cc(N[C@@H](C)C(=O)Nc2ccc([N+](=O)[O-])cc2)ccc1N1CCCC1. The summed E-state index contributed by atoms with van der Waals surface area (Å²) in [6.45, 7) is 6.06. The highest BCUT2D eigenvalue weighted by Gasteiger charge is 2.16. The van der Waals surface area contributed by atoms with Crippen molar-refractivity contribution in [3.63, 3.8) is 0 Å². The lowest BCUT2D eigenvalue weighted by atomic mass is 10.1. The molecule has 1 saturated heterocycles. The van der Waals surface area contributed by atoms with E-state index >= 15 is 0 Å². The van der Waals surface area contributed by atoms with Crippen LogP contribution >= 0.6 is 0 Å². The number of nitrogens with zero attached hydrogens (tertiary/aromatic N) is 2. The number of nitro groups is 1. The summed E-state index contributed by atoms with van der Waals surface area (Å²) in [5.74, 6) is -0.204. The molecule has 0 aliphatic carbocycles. The molecule has 2 aromatic rings. The maximum atomic E-state index is 12.4. The number of nitrogens with one attached hydrogen (secondary N) is 2. The lowest BCUT2D eigenvalue weighted by Gasteiger charge is -2.22. The molecule has 0 saturated carbocycles. The molecular weight excluding hydrogens is 344 g/mol. The molecule has 7 heteroatoms. The fraction of sp³-hybridized carbons (Fsp3) is 0.350. The van der Waals surface area contributed by atoms with Crippen molar-refractivity contribution < 1.29 is 9.72 Å². The first kappa shape index (κ1) is 18.7. The van der Waals surface area contributed by atoms with Crippen LogP contribution in [-0.4, -0.2) is 30.0 Å². The monoisotopic (exact) mass is 368 g/mol. The number of non-ortho nitro benzene ring substituents is 1. The van der Waals surface area contributed by atoms with E-state index in [1.807, 2.05) is 6.07 Å². The molecule has 1 aliphatic heterocycles. The minimum atomic E-state index is -0.468. The highest BCUT2D eigenvalue weighted by molar-refractivity contribution is 5.96. The van der Waals surface area contributed by atoms with Crippen molar-refractivity contribution >= 4 is 28.7 Å². The first-order valence-corrected chi connectivity index (χ1v) is 9.11. The van der Waals surface area contributed by atoms with Crippen molar-refractivity contribution in [1.82, 2.24) is 0 Å². The first-order valence-electron chi connectivity index (χ1n) is 9.11. The average molecular weight is 368 g/mol. The van der Waals surface area contributed by atoms with Gasteiger partial charge in [-0.3, -0.25) is 14.9 Å². The molecule has 0 unspecified atom stereocenters. The van der Waals surface area contributed by atoms with Gasteiger partial charge in [-0.2, -0.15) is 0 Å². The smallest absolute Gasteiger partial charge is 0.269 e. The van der Waals surface area contributed by atoms with Crippen molar-refractivity contribution in [2.24, 2.45) is 0 Å². The molecule has 3 rings (SSSR count). The molecular formula is C20H24N4O3. The summed E-state index contributed by atoms with van der Waals surface area (Å²) in [5.41, 5.74) is 3.85. The highest BCUT2D eigenvalue weighted by Crippen LogP contribution is 2.27. The number of hydrogen-bond donors (Lipinski definition) is 2. The van der Waals surface area contributed by atoms with E-state index in [4.69, 9.17) is 0 Å². The summed E-state index contributed by atoms with van der Waals surface area (Å²) < 4.78 is 0. The Kier molecular flexibility index (Phi) is 5.59. The van der Waals surface area contributed by atoms with E-state index in [-0.39, 0.29) is 11.6 Å². The van der Waals surface area contributed by atoms with Gasteiger partial charge in [0.05, 0.1) is 4.92 Å². The average Bonchev–Trinajstić information content (AvgIpc) is 3.16. The summed E-state index contributed by atoms with van der Waals surface area (Å²) in [4.78, 5) is 25.0. The van der Waals surface area contributed by atoms with Crippen LogP contribution in [0.25, 0.3) is 0 Å². The number of nitro benzene ring substituents is 1. The molecule has 142 valence electrons. The summed E-state index contributed by atoms with van der Waals surface area (Å²) >= 11 is 0. The second-order valence-electron chi connectivity index (χ2n) is 6.85. The molecule has 2 aromatic carbocycles. The third-order valence-corrected chi connectivity index (χ3v) is 4.77. The Labute approximate surface area is 158 Å². The van der Waals surface area contributed by atoms with Gasteiger partial charge >= 0.3 is 0 Å². The van der Waals surface area contributed by atoms with Gasteiger partial charge in [-0.15, -0.1) is 0 Å². The Bertz CT molecular complexity index is 830. The number of carbonyl (C=O) groups excluding carboxylic acids is 1. The molecule has 1 aliphatic rings. The molecule has 1 fully saturated rings. The Balaban J connectivity index is 1.60. The maximum Gasteiger partial charge on any atom is 0.269 e. The predicted molar refractivity (Wildman–Crippen MR) is 107 cm³/mol. The van der Waals surface area contributed by atoms with Gasteiger partial charge in [-0.1, -0.05) is 0 Å². The minimum Gasteiger partial charge on any atom is -0.374 e. The lowest BCUT2D eigenvalue weighted by Crippen LogP contribution is -2.31. The Morgan fingerprint density at radius 3 is 2.33 bits per heavy atom. The van der Waals surface area contributed by atoms with Crippen LogP contribution in [0.3, 0.4) is 0 Å². The van der Waals surface area contributed by atoms with Gasteiger partial charge in [0.25, 0.3) is 5.69 Å². The van der Waals surface area contributed by atoms with Crippen LogP contribution in [0.15, 0.2) is 42.5 Å². The van der Waals surface area contributed by atoms with Gasteiger partial charge in [0.2, 0.25) is 5.91 Å². The zero-order valence-corrected chi connectivity index (χ0v) is 15.6. The fourth-order valence-electron chi connectivity index (χ4n) is 3.29. The number of benzene rings is 2. The van der Waals surface area contributed by atoms with E-state index < -0.39 is 11.0 Å². The molecule has 0 bridgehead atoms. The highest BCUT2D eigenvalue weighted by atomic mass is 16.6. The number of hydrogen-bond acceptors (Lipinski definition) is 5. The third kappa shape index (κ3) is 4.55. The summed E-state index contributed by atoms with van der Waals surface area (Å²) in [5, 5.41) is 16.7. The van der Waals surface area contributed by atoms with Crippen molar-refractivity contribution in [3.05, 3.63) is 58.1 Å². The molecule has 0 aromatic heterocycles. The number of amides is 1.